The van der Waals surface area contributed by atoms with E-state index in [1.165, 1.54) is 6.20 Å². The van der Waals surface area contributed by atoms with Crippen LogP contribution in [0.1, 0.15) is 33.4 Å². The van der Waals surface area contributed by atoms with Crippen LogP contribution in [0.2, 0.25) is 0 Å². The molecule has 6 nitrogen and oxygen atoms in total. The van der Waals surface area contributed by atoms with Crippen LogP contribution in [0.25, 0.3) is 11.1 Å². The molecule has 0 unspecified atom stereocenters. The van der Waals surface area contributed by atoms with Crippen molar-refractivity contribution in [2.24, 2.45) is 0 Å². The van der Waals surface area contributed by atoms with Gasteiger partial charge in [-0.2, -0.15) is 4.39 Å². The van der Waals surface area contributed by atoms with Gasteiger partial charge in [-0.3, -0.25) is 4.79 Å². The number of anilines is 1. The van der Waals surface area contributed by atoms with E-state index in [1.807, 2.05) is 24.3 Å². The van der Waals surface area contributed by atoms with Gasteiger partial charge in [-0.15, -0.1) is 0 Å². The van der Waals surface area contributed by atoms with Crippen molar-refractivity contribution in [2.75, 3.05) is 5.73 Å². The highest BCUT2D eigenvalue weighted by Crippen LogP contribution is 2.33. The summed E-state index contributed by atoms with van der Waals surface area (Å²) in [6.45, 7) is 1.73. The lowest BCUT2D eigenvalue weighted by atomic mass is 9.89. The number of carbonyl (C=O) groups excluding carboxylic acids is 1. The number of benzene rings is 1. The molecule has 1 amide bonds. The normalized spacial score (nSPS) is 16.1. The van der Waals surface area contributed by atoms with Gasteiger partial charge in [-0.05, 0) is 30.2 Å². The van der Waals surface area contributed by atoms with Crippen molar-refractivity contribution in [2.45, 2.75) is 19.4 Å². The Balaban J connectivity index is 1.81. The van der Waals surface area contributed by atoms with Gasteiger partial charge < -0.3 is 11.1 Å². The summed E-state index contributed by atoms with van der Waals surface area (Å²) < 4.78 is 14.2. The number of carbonyl (C=O) groups is 1. The zero-order valence-corrected chi connectivity index (χ0v) is 14.0. The van der Waals surface area contributed by atoms with Gasteiger partial charge in [0.2, 0.25) is 11.9 Å². The Morgan fingerprint density at radius 3 is 2.73 bits per heavy atom. The molecule has 0 saturated heterocycles. The van der Waals surface area contributed by atoms with Crippen molar-refractivity contribution in [3.8, 4) is 11.1 Å². The highest BCUT2D eigenvalue weighted by molar-refractivity contribution is 5.98. The minimum Gasteiger partial charge on any atom is -0.368 e. The third-order valence-electron chi connectivity index (χ3n) is 4.50. The molecule has 0 radical (unpaired) electrons. The van der Waals surface area contributed by atoms with Crippen molar-refractivity contribution in [1.29, 1.82) is 0 Å². The number of hydrogen-bond acceptors (Lipinski definition) is 5. The first-order chi connectivity index (χ1) is 12.5. The Hall–Kier alpha value is -3.35. The summed E-state index contributed by atoms with van der Waals surface area (Å²) in [7, 11) is 0. The summed E-state index contributed by atoms with van der Waals surface area (Å²) in [6.07, 6.45) is 1.86. The van der Waals surface area contributed by atoms with Crippen molar-refractivity contribution in [3.63, 3.8) is 0 Å². The van der Waals surface area contributed by atoms with Gasteiger partial charge in [-0.25, -0.2) is 15.0 Å². The van der Waals surface area contributed by atoms with E-state index in [2.05, 4.69) is 20.3 Å². The number of aromatic nitrogens is 3. The molecule has 0 spiro atoms. The van der Waals surface area contributed by atoms with E-state index in [4.69, 9.17) is 5.73 Å². The number of hydrogen-bond donors (Lipinski definition) is 2. The lowest BCUT2D eigenvalue weighted by Gasteiger charge is -2.27. The zero-order valence-electron chi connectivity index (χ0n) is 14.0. The number of amides is 1. The largest absolute Gasteiger partial charge is 0.368 e. The third kappa shape index (κ3) is 2.67. The van der Waals surface area contributed by atoms with Crippen LogP contribution in [0.4, 0.5) is 10.3 Å². The third-order valence-corrected chi connectivity index (χ3v) is 4.50. The number of nitrogens with one attached hydrogen (secondary N) is 1. The minimum absolute atomic E-state index is 0.140. The maximum Gasteiger partial charge on any atom is 0.255 e. The topological polar surface area (TPSA) is 93.8 Å². The lowest BCUT2D eigenvalue weighted by Crippen LogP contribution is -2.37. The summed E-state index contributed by atoms with van der Waals surface area (Å²) in [5, 5.41) is 2.98. The number of nitrogens with zero attached hydrogens (tertiary/aromatic N) is 3. The van der Waals surface area contributed by atoms with Gasteiger partial charge in [-0.1, -0.05) is 24.3 Å². The highest BCUT2D eigenvalue weighted by Gasteiger charge is 2.30. The van der Waals surface area contributed by atoms with Gasteiger partial charge in [0, 0.05) is 18.2 Å². The van der Waals surface area contributed by atoms with Crippen LogP contribution in [0.3, 0.4) is 0 Å². The SMILES string of the molecule is Cc1nc(N)nc2c1C(=O)N[C@@H](c1ccccc1-c1cccnc1F)C2. The molecule has 0 bridgehead atoms. The zero-order chi connectivity index (χ0) is 18.3. The standard InChI is InChI=1S/C19H16FN5O/c1-10-16-15(25-19(21)23-10)9-14(24-18(16)26)12-6-3-2-5-11(12)13-7-4-8-22-17(13)20/h2-8,14H,9H2,1H3,(H,24,26)(H2,21,23,25)/t14-/m1/s1. The first-order valence-electron chi connectivity index (χ1n) is 8.18. The smallest absolute Gasteiger partial charge is 0.255 e. The molecule has 130 valence electrons. The summed E-state index contributed by atoms with van der Waals surface area (Å²) in [4.78, 5) is 24.6. The molecular formula is C19H16FN5O. The van der Waals surface area contributed by atoms with Crippen molar-refractivity contribution in [3.05, 3.63) is 71.1 Å². The van der Waals surface area contributed by atoms with Crippen molar-refractivity contribution >= 4 is 11.9 Å². The Morgan fingerprint density at radius 1 is 1.15 bits per heavy atom. The van der Waals surface area contributed by atoms with E-state index in [1.54, 1.807) is 19.1 Å². The van der Waals surface area contributed by atoms with Crippen LogP contribution in [-0.2, 0) is 6.42 Å². The Kier molecular flexibility index (Phi) is 3.84. The van der Waals surface area contributed by atoms with E-state index in [0.29, 0.717) is 34.5 Å². The molecule has 3 heterocycles. The second kappa shape index (κ2) is 6.18. The average molecular weight is 349 g/mol. The molecule has 3 N–H and O–H groups in total. The first kappa shape index (κ1) is 16.1. The Bertz CT molecular complexity index is 1020. The first-order valence-corrected chi connectivity index (χ1v) is 8.18. The molecule has 3 aromatic rings. The van der Waals surface area contributed by atoms with Crippen LogP contribution >= 0.6 is 0 Å². The Labute approximate surface area is 149 Å². The maximum absolute atomic E-state index is 14.2. The second-order valence-corrected chi connectivity index (χ2v) is 6.15. The molecule has 4 rings (SSSR count). The molecular weight excluding hydrogens is 333 g/mol. The lowest BCUT2D eigenvalue weighted by molar-refractivity contribution is 0.0922. The molecule has 0 fully saturated rings. The fraction of sp³-hybridized carbons (Fsp3) is 0.158. The van der Waals surface area contributed by atoms with Gasteiger partial charge in [0.25, 0.3) is 5.91 Å². The number of pyridine rings is 1. The van der Waals surface area contributed by atoms with Crippen LogP contribution in [0.15, 0.2) is 42.6 Å². The molecule has 2 aromatic heterocycles. The minimum atomic E-state index is -0.551. The highest BCUT2D eigenvalue weighted by atomic mass is 19.1. The number of halogens is 1. The molecule has 0 saturated carbocycles. The maximum atomic E-state index is 14.2. The molecule has 26 heavy (non-hydrogen) atoms. The molecule has 1 aliphatic heterocycles. The van der Waals surface area contributed by atoms with Gasteiger partial charge in [0.15, 0.2) is 0 Å². The molecule has 1 atom stereocenters. The average Bonchev–Trinajstić information content (AvgIpc) is 2.61. The van der Waals surface area contributed by atoms with E-state index in [-0.39, 0.29) is 17.9 Å². The number of rotatable bonds is 2. The van der Waals surface area contributed by atoms with Crippen LogP contribution in [0, 0.1) is 12.9 Å². The van der Waals surface area contributed by atoms with Crippen LogP contribution in [-0.4, -0.2) is 20.9 Å². The van der Waals surface area contributed by atoms with Crippen LogP contribution < -0.4 is 11.1 Å². The number of aryl methyl sites for hydroxylation is 1. The Morgan fingerprint density at radius 2 is 1.92 bits per heavy atom. The summed E-state index contributed by atoms with van der Waals surface area (Å²) in [6, 6.07) is 10.4. The molecule has 0 aliphatic carbocycles. The summed E-state index contributed by atoms with van der Waals surface area (Å²) >= 11 is 0. The van der Waals surface area contributed by atoms with Gasteiger partial charge in [0.1, 0.15) is 0 Å². The van der Waals surface area contributed by atoms with Gasteiger partial charge in [0.05, 0.1) is 23.0 Å². The van der Waals surface area contributed by atoms with E-state index in [9.17, 15) is 9.18 Å². The van der Waals surface area contributed by atoms with Crippen molar-refractivity contribution in [1.82, 2.24) is 20.3 Å². The van der Waals surface area contributed by atoms with Crippen LogP contribution in [0.5, 0.6) is 0 Å². The molecule has 1 aliphatic rings. The number of nitrogen functional groups attached to an aromatic ring is 1. The predicted octanol–water partition coefficient (Wildman–Crippen LogP) is 2.60. The number of nitrogens with two attached hydrogens (primary N) is 1. The van der Waals surface area contributed by atoms with E-state index < -0.39 is 5.95 Å². The fourth-order valence-electron chi connectivity index (χ4n) is 3.39. The van der Waals surface area contributed by atoms with Crippen molar-refractivity contribution < 1.29 is 9.18 Å². The quantitative estimate of drug-likeness (QED) is 0.694. The predicted molar refractivity (Wildman–Crippen MR) is 94.7 cm³/mol. The summed E-state index contributed by atoms with van der Waals surface area (Å²) in [5.41, 5.74) is 9.23. The van der Waals surface area contributed by atoms with Gasteiger partial charge >= 0.3 is 0 Å². The molecule has 7 heteroatoms. The molecule has 1 aromatic carbocycles. The second-order valence-electron chi connectivity index (χ2n) is 6.15. The van der Waals surface area contributed by atoms with E-state index >= 15 is 0 Å². The fourth-order valence-corrected chi connectivity index (χ4v) is 3.39. The summed E-state index contributed by atoms with van der Waals surface area (Å²) in [5.74, 6) is -0.665. The number of fused-ring (bicyclic) bond motifs is 1. The van der Waals surface area contributed by atoms with E-state index in [0.717, 1.165) is 5.56 Å². The monoisotopic (exact) mass is 349 g/mol.